The van der Waals surface area contributed by atoms with E-state index < -0.39 is 0 Å². The lowest BCUT2D eigenvalue weighted by Crippen LogP contribution is -2.44. The van der Waals surface area contributed by atoms with Crippen LogP contribution in [0.5, 0.6) is 0 Å². The van der Waals surface area contributed by atoms with Crippen LogP contribution in [0.2, 0.25) is 0 Å². The number of likely N-dealkylation sites (tertiary alicyclic amines) is 1. The third-order valence-corrected chi connectivity index (χ3v) is 3.95. The van der Waals surface area contributed by atoms with E-state index in [0.717, 1.165) is 25.4 Å². The number of piperidine rings is 1. The number of rotatable bonds is 6. The fraction of sp³-hybridized carbons (Fsp3) is 0.929. The first-order chi connectivity index (χ1) is 8.06. The number of nitrogens with zero attached hydrogens (tertiary/aromatic N) is 2. The zero-order chi connectivity index (χ0) is 12.7. The number of unbranched alkanes of at least 4 members (excludes halogenated alkanes) is 1. The number of nitrogens with one attached hydrogen (secondary N) is 1. The van der Waals surface area contributed by atoms with Crippen molar-refractivity contribution in [3.8, 4) is 6.07 Å². The zero-order valence-electron chi connectivity index (χ0n) is 11.6. The number of nitriles is 1. The van der Waals surface area contributed by atoms with Crippen LogP contribution in [0.15, 0.2) is 0 Å². The molecule has 1 atom stereocenters. The maximum Gasteiger partial charge on any atom is 0.0622 e. The van der Waals surface area contributed by atoms with E-state index in [-0.39, 0.29) is 0 Å². The largest absolute Gasteiger partial charge is 0.316 e. The minimum absolute atomic E-state index is 0.362. The molecule has 1 rings (SSSR count). The lowest BCUT2D eigenvalue weighted by Gasteiger charge is -2.40. The van der Waals surface area contributed by atoms with Crippen molar-refractivity contribution in [2.24, 2.45) is 11.3 Å². The molecule has 1 aliphatic rings. The number of hydrogen-bond donors (Lipinski definition) is 1. The summed E-state index contributed by atoms with van der Waals surface area (Å²) in [5, 5.41) is 12.0. The first kappa shape index (κ1) is 14.5. The average molecular weight is 237 g/mol. The molecule has 3 heteroatoms. The van der Waals surface area contributed by atoms with E-state index in [9.17, 15) is 0 Å². The molecule has 17 heavy (non-hydrogen) atoms. The number of hydrogen-bond acceptors (Lipinski definition) is 3. The van der Waals surface area contributed by atoms with Crippen LogP contribution < -0.4 is 5.32 Å². The molecule has 3 nitrogen and oxygen atoms in total. The maximum atomic E-state index is 8.48. The molecule has 1 fully saturated rings. The molecular formula is C14H27N3. The van der Waals surface area contributed by atoms with Crippen LogP contribution >= 0.6 is 0 Å². The van der Waals surface area contributed by atoms with E-state index in [1.165, 1.54) is 25.9 Å². The van der Waals surface area contributed by atoms with Gasteiger partial charge in [-0.1, -0.05) is 13.8 Å². The van der Waals surface area contributed by atoms with Crippen molar-refractivity contribution in [1.29, 1.82) is 5.26 Å². The van der Waals surface area contributed by atoms with E-state index in [1.807, 2.05) is 0 Å². The summed E-state index contributed by atoms with van der Waals surface area (Å²) in [6.07, 6.45) is 4.33. The van der Waals surface area contributed by atoms with Gasteiger partial charge >= 0.3 is 0 Å². The molecule has 0 aromatic heterocycles. The molecular weight excluding hydrogens is 210 g/mol. The molecule has 0 amide bonds. The van der Waals surface area contributed by atoms with Crippen LogP contribution in [-0.2, 0) is 0 Å². The van der Waals surface area contributed by atoms with E-state index in [4.69, 9.17) is 5.26 Å². The second-order valence-corrected chi connectivity index (χ2v) is 6.03. The molecule has 0 aliphatic carbocycles. The zero-order valence-corrected chi connectivity index (χ0v) is 11.6. The van der Waals surface area contributed by atoms with Gasteiger partial charge < -0.3 is 10.2 Å². The van der Waals surface area contributed by atoms with E-state index >= 15 is 0 Å². The van der Waals surface area contributed by atoms with E-state index in [0.29, 0.717) is 11.8 Å². The molecule has 0 aromatic rings. The molecule has 1 N–H and O–H groups in total. The summed E-state index contributed by atoms with van der Waals surface area (Å²) in [5.74, 6) is 0.796. The Bertz CT molecular complexity index is 255. The van der Waals surface area contributed by atoms with Gasteiger partial charge in [-0.05, 0) is 50.7 Å². The Balaban J connectivity index is 2.26. The van der Waals surface area contributed by atoms with Gasteiger partial charge in [0.25, 0.3) is 0 Å². The molecule has 1 saturated heterocycles. The second-order valence-electron chi connectivity index (χ2n) is 6.03. The van der Waals surface area contributed by atoms with Gasteiger partial charge in [-0.25, -0.2) is 0 Å². The van der Waals surface area contributed by atoms with Gasteiger partial charge in [0.2, 0.25) is 0 Å². The van der Waals surface area contributed by atoms with Crippen LogP contribution in [0.1, 0.15) is 39.5 Å². The van der Waals surface area contributed by atoms with Gasteiger partial charge in [0.05, 0.1) is 6.07 Å². The normalized spacial score (nSPS) is 22.4. The summed E-state index contributed by atoms with van der Waals surface area (Å²) >= 11 is 0. The van der Waals surface area contributed by atoms with Crippen molar-refractivity contribution in [2.45, 2.75) is 39.5 Å². The lowest BCUT2D eigenvalue weighted by atomic mass is 9.74. The highest BCUT2D eigenvalue weighted by Gasteiger charge is 2.31. The predicted octanol–water partition coefficient (Wildman–Crippen LogP) is 2.25. The Morgan fingerprint density at radius 3 is 2.88 bits per heavy atom. The lowest BCUT2D eigenvalue weighted by molar-refractivity contribution is 0.103. The van der Waals surface area contributed by atoms with Gasteiger partial charge in [-0.3, -0.25) is 0 Å². The van der Waals surface area contributed by atoms with Crippen LogP contribution in [0.4, 0.5) is 0 Å². The molecule has 0 spiro atoms. The first-order valence-electron chi connectivity index (χ1n) is 6.82. The fourth-order valence-corrected chi connectivity index (χ4v) is 2.65. The topological polar surface area (TPSA) is 39.1 Å². The summed E-state index contributed by atoms with van der Waals surface area (Å²) in [4.78, 5) is 2.45. The van der Waals surface area contributed by atoms with Gasteiger partial charge in [-0.15, -0.1) is 0 Å². The smallest absolute Gasteiger partial charge is 0.0622 e. The quantitative estimate of drug-likeness (QED) is 0.720. The summed E-state index contributed by atoms with van der Waals surface area (Å²) in [6, 6.07) is 2.19. The van der Waals surface area contributed by atoms with Gasteiger partial charge in [0, 0.05) is 19.5 Å². The third kappa shape index (κ3) is 5.06. The molecule has 1 heterocycles. The Labute approximate surface area is 106 Å². The first-order valence-corrected chi connectivity index (χ1v) is 6.82. The molecule has 0 radical (unpaired) electrons. The van der Waals surface area contributed by atoms with Gasteiger partial charge in [0.1, 0.15) is 0 Å². The third-order valence-electron chi connectivity index (χ3n) is 3.95. The highest BCUT2D eigenvalue weighted by Crippen LogP contribution is 2.32. The van der Waals surface area contributed by atoms with Crippen molar-refractivity contribution in [1.82, 2.24) is 10.2 Å². The molecule has 1 aliphatic heterocycles. The summed E-state index contributed by atoms with van der Waals surface area (Å²) in [5.41, 5.74) is 0.362. The van der Waals surface area contributed by atoms with Crippen molar-refractivity contribution in [3.63, 3.8) is 0 Å². The SMILES string of the molecule is CN1CCCC(C(C)(C)CNCCCC#N)C1. The van der Waals surface area contributed by atoms with Crippen LogP contribution in [0, 0.1) is 22.7 Å². The average Bonchev–Trinajstić information content (AvgIpc) is 2.29. The van der Waals surface area contributed by atoms with Crippen LogP contribution in [0.25, 0.3) is 0 Å². The monoisotopic (exact) mass is 237 g/mol. The Hall–Kier alpha value is -0.590. The predicted molar refractivity (Wildman–Crippen MR) is 71.7 cm³/mol. The van der Waals surface area contributed by atoms with Crippen molar-refractivity contribution in [2.75, 3.05) is 33.2 Å². The minimum atomic E-state index is 0.362. The fourth-order valence-electron chi connectivity index (χ4n) is 2.65. The van der Waals surface area contributed by atoms with E-state index in [2.05, 4.69) is 37.2 Å². The summed E-state index contributed by atoms with van der Waals surface area (Å²) in [6.45, 7) is 9.26. The van der Waals surface area contributed by atoms with E-state index in [1.54, 1.807) is 0 Å². The summed E-state index contributed by atoms with van der Waals surface area (Å²) in [7, 11) is 2.22. The Morgan fingerprint density at radius 2 is 2.24 bits per heavy atom. The molecule has 0 bridgehead atoms. The van der Waals surface area contributed by atoms with Crippen molar-refractivity contribution in [3.05, 3.63) is 0 Å². The van der Waals surface area contributed by atoms with Gasteiger partial charge in [0.15, 0.2) is 0 Å². The van der Waals surface area contributed by atoms with Crippen LogP contribution in [0.3, 0.4) is 0 Å². The molecule has 0 saturated carbocycles. The van der Waals surface area contributed by atoms with Crippen molar-refractivity contribution >= 4 is 0 Å². The Kier molecular flexibility index (Phi) is 5.94. The van der Waals surface area contributed by atoms with Crippen molar-refractivity contribution < 1.29 is 0 Å². The highest BCUT2D eigenvalue weighted by atomic mass is 15.1. The molecule has 98 valence electrons. The highest BCUT2D eigenvalue weighted by molar-refractivity contribution is 4.85. The minimum Gasteiger partial charge on any atom is -0.316 e. The molecule has 0 aromatic carbocycles. The maximum absolute atomic E-state index is 8.48. The van der Waals surface area contributed by atoms with Gasteiger partial charge in [-0.2, -0.15) is 5.26 Å². The summed E-state index contributed by atoms with van der Waals surface area (Å²) < 4.78 is 0. The Morgan fingerprint density at radius 1 is 1.47 bits per heavy atom. The standard InChI is InChI=1S/C14H27N3/c1-14(2,12-16-9-5-4-8-15)13-7-6-10-17(3)11-13/h13,16H,4-7,9-12H2,1-3H3. The van der Waals surface area contributed by atoms with Crippen LogP contribution in [-0.4, -0.2) is 38.1 Å². The molecule has 1 unspecified atom stereocenters. The second kappa shape index (κ2) is 6.98.